The summed E-state index contributed by atoms with van der Waals surface area (Å²) >= 11 is 6.14. The van der Waals surface area contributed by atoms with Crippen molar-refractivity contribution in [3.63, 3.8) is 0 Å². The highest BCUT2D eigenvalue weighted by molar-refractivity contribution is 6.30. The van der Waals surface area contributed by atoms with Crippen molar-refractivity contribution in [1.29, 1.82) is 10.5 Å². The summed E-state index contributed by atoms with van der Waals surface area (Å²) in [5.41, 5.74) is 4.26. The molecule has 42 heavy (non-hydrogen) atoms. The van der Waals surface area contributed by atoms with E-state index in [0.717, 1.165) is 55.2 Å². The Morgan fingerprint density at radius 2 is 1.88 bits per heavy atom. The molecule has 1 aromatic heterocycles. The van der Waals surface area contributed by atoms with Gasteiger partial charge in [0, 0.05) is 49.0 Å². The smallest absolute Gasteiger partial charge is 0.246 e. The van der Waals surface area contributed by atoms with Gasteiger partial charge in [-0.2, -0.15) is 10.5 Å². The number of rotatable bonds is 9. The van der Waals surface area contributed by atoms with E-state index in [1.54, 1.807) is 4.90 Å². The van der Waals surface area contributed by atoms with E-state index in [4.69, 9.17) is 21.3 Å². The van der Waals surface area contributed by atoms with Crippen LogP contribution in [-0.2, 0) is 17.8 Å². The van der Waals surface area contributed by atoms with Gasteiger partial charge in [0.2, 0.25) is 11.8 Å². The molecule has 0 bridgehead atoms. The van der Waals surface area contributed by atoms with Crippen LogP contribution in [0.3, 0.4) is 0 Å². The Balaban J connectivity index is 1.44. The van der Waals surface area contributed by atoms with Gasteiger partial charge in [-0.3, -0.25) is 4.79 Å². The second-order valence-corrected chi connectivity index (χ2v) is 11.6. The molecule has 0 radical (unpaired) electrons. The van der Waals surface area contributed by atoms with E-state index in [2.05, 4.69) is 33.4 Å². The van der Waals surface area contributed by atoms with E-state index in [1.807, 2.05) is 24.3 Å². The number of piperazine rings is 1. The van der Waals surface area contributed by atoms with Crippen LogP contribution in [0.2, 0.25) is 5.02 Å². The molecule has 9 nitrogen and oxygen atoms in total. The lowest BCUT2D eigenvalue weighted by Crippen LogP contribution is -2.55. The molecule has 5 rings (SSSR count). The maximum Gasteiger partial charge on any atom is 0.246 e. The average molecular weight is 588 g/mol. The Kier molecular flexibility index (Phi) is 9.84. The van der Waals surface area contributed by atoms with E-state index < -0.39 is 0 Å². The minimum absolute atomic E-state index is 0.177. The number of carbonyl (C=O) groups excluding carboxylic acids is 1. The predicted molar refractivity (Wildman–Crippen MR) is 164 cm³/mol. The van der Waals surface area contributed by atoms with Gasteiger partial charge < -0.3 is 24.3 Å². The van der Waals surface area contributed by atoms with Crippen LogP contribution in [0.4, 0.5) is 11.4 Å². The first kappa shape index (κ1) is 29.7. The number of nitrogens with zero attached hydrogens (tertiary/aromatic N) is 7. The summed E-state index contributed by atoms with van der Waals surface area (Å²) in [6.07, 6.45) is 6.88. The van der Waals surface area contributed by atoms with Gasteiger partial charge in [-0.15, -0.1) is 0 Å². The zero-order valence-electron chi connectivity index (χ0n) is 24.1. The molecule has 3 aliphatic heterocycles. The van der Waals surface area contributed by atoms with Crippen molar-refractivity contribution >= 4 is 28.9 Å². The van der Waals surface area contributed by atoms with Crippen LogP contribution in [-0.4, -0.2) is 79.2 Å². The van der Waals surface area contributed by atoms with E-state index in [0.29, 0.717) is 55.7 Å². The number of halogens is 1. The summed E-state index contributed by atoms with van der Waals surface area (Å²) < 4.78 is 6.27. The third-order valence-corrected chi connectivity index (χ3v) is 8.74. The van der Waals surface area contributed by atoms with Gasteiger partial charge in [0.15, 0.2) is 0 Å². The van der Waals surface area contributed by atoms with Crippen LogP contribution in [0.5, 0.6) is 5.88 Å². The monoisotopic (exact) mass is 587 g/mol. The van der Waals surface area contributed by atoms with Crippen LogP contribution in [0.25, 0.3) is 0 Å². The van der Waals surface area contributed by atoms with Gasteiger partial charge in [0.25, 0.3) is 0 Å². The number of piperidine rings is 1. The summed E-state index contributed by atoms with van der Waals surface area (Å²) in [6.45, 7) is 10.1. The topological polar surface area (TPSA) is 99.7 Å². The number of aromatic nitrogens is 1. The molecule has 0 unspecified atom stereocenters. The summed E-state index contributed by atoms with van der Waals surface area (Å²) in [7, 11) is 0. The maximum atomic E-state index is 12.5. The third-order valence-electron chi connectivity index (χ3n) is 8.49. The molecule has 220 valence electrons. The number of benzene rings is 1. The Hall–Kier alpha value is -3.79. The fourth-order valence-corrected chi connectivity index (χ4v) is 6.47. The highest BCUT2D eigenvalue weighted by Gasteiger charge is 2.34. The van der Waals surface area contributed by atoms with Gasteiger partial charge in [-0.1, -0.05) is 24.6 Å². The van der Waals surface area contributed by atoms with Gasteiger partial charge >= 0.3 is 0 Å². The number of hydrogen-bond donors (Lipinski definition) is 0. The maximum absolute atomic E-state index is 12.5. The van der Waals surface area contributed by atoms with Crippen LogP contribution < -0.4 is 14.5 Å². The van der Waals surface area contributed by atoms with E-state index in [1.165, 1.54) is 25.3 Å². The number of hydrogen-bond acceptors (Lipinski definition) is 8. The largest absolute Gasteiger partial charge is 0.477 e. The number of likely N-dealkylation sites (tertiary alicyclic amines) is 1. The lowest BCUT2D eigenvalue weighted by Gasteiger charge is -2.43. The number of amides is 1. The van der Waals surface area contributed by atoms with Gasteiger partial charge in [0.1, 0.15) is 11.6 Å². The van der Waals surface area contributed by atoms with Crippen molar-refractivity contribution < 1.29 is 9.53 Å². The summed E-state index contributed by atoms with van der Waals surface area (Å²) in [6, 6.07) is 12.2. The lowest BCUT2D eigenvalue weighted by atomic mass is 9.97. The molecular weight excluding hydrogens is 550 g/mol. The number of pyridine rings is 1. The van der Waals surface area contributed by atoms with Gasteiger partial charge in [0.05, 0.1) is 43.1 Å². The SMILES string of the molecule is C=CC(=O)N1CCN(c2c(C#N)c(OCCCN3CCCCC3)nc3c2CCN(c2ccc(Cl)cc2)C3)C[C@@H]1CC#N. The van der Waals surface area contributed by atoms with E-state index in [9.17, 15) is 15.3 Å². The standard InChI is InChI=1S/C32H38ClN7O2/c1-2-30(41)40-19-18-39(22-26(40)11-13-34)31-27-12-17-38(25-9-7-24(33)8-10-25)23-29(27)36-32(28(31)21-35)42-20-6-16-37-14-4-3-5-15-37/h2,7-10,26H,1,3-6,11-12,14-20,22-23H2/t26-/m0/s1. The lowest BCUT2D eigenvalue weighted by molar-refractivity contribution is -0.128. The molecule has 1 aromatic carbocycles. The molecule has 2 saturated heterocycles. The zero-order valence-corrected chi connectivity index (χ0v) is 24.9. The number of ether oxygens (including phenoxy) is 1. The Labute approximate surface area is 253 Å². The van der Waals surface area contributed by atoms with Crippen molar-refractivity contribution in [2.45, 2.75) is 51.1 Å². The van der Waals surface area contributed by atoms with Gasteiger partial charge in [-0.05, 0) is 69.1 Å². The van der Waals surface area contributed by atoms with Crippen LogP contribution in [0.1, 0.15) is 48.9 Å². The van der Waals surface area contributed by atoms with Crippen molar-refractivity contribution in [2.75, 3.05) is 62.2 Å². The number of carbonyl (C=O) groups is 1. The molecule has 0 N–H and O–H groups in total. The molecule has 1 amide bonds. The van der Waals surface area contributed by atoms with Crippen LogP contribution in [0, 0.1) is 22.7 Å². The molecule has 10 heteroatoms. The van der Waals surface area contributed by atoms with Crippen molar-refractivity contribution in [3.05, 3.63) is 58.8 Å². The number of anilines is 2. The molecule has 4 heterocycles. The Bertz CT molecular complexity index is 1360. The first-order valence-corrected chi connectivity index (χ1v) is 15.3. The molecule has 0 saturated carbocycles. The summed E-state index contributed by atoms with van der Waals surface area (Å²) in [5, 5.41) is 20.7. The fraction of sp³-hybridized carbons (Fsp3) is 0.500. The first-order valence-electron chi connectivity index (χ1n) is 14.9. The highest BCUT2D eigenvalue weighted by Crippen LogP contribution is 2.38. The number of fused-ring (bicyclic) bond motifs is 1. The molecular formula is C32H38ClN7O2. The van der Waals surface area contributed by atoms with Crippen LogP contribution >= 0.6 is 11.6 Å². The molecule has 1 atom stereocenters. The predicted octanol–water partition coefficient (Wildman–Crippen LogP) is 4.54. The minimum Gasteiger partial charge on any atom is -0.477 e. The third kappa shape index (κ3) is 6.64. The van der Waals surface area contributed by atoms with Gasteiger partial charge in [-0.25, -0.2) is 4.98 Å². The first-order chi connectivity index (χ1) is 20.5. The second-order valence-electron chi connectivity index (χ2n) is 11.1. The van der Waals surface area contributed by atoms with Crippen LogP contribution in [0.15, 0.2) is 36.9 Å². The Morgan fingerprint density at radius 1 is 1.10 bits per heavy atom. The summed E-state index contributed by atoms with van der Waals surface area (Å²) in [4.78, 5) is 26.1. The van der Waals surface area contributed by atoms with Crippen molar-refractivity contribution in [3.8, 4) is 18.0 Å². The normalized spacial score (nSPS) is 19.0. The molecule has 2 fully saturated rings. The molecule has 0 spiro atoms. The van der Waals surface area contributed by atoms with E-state index >= 15 is 0 Å². The number of nitriles is 2. The Morgan fingerprint density at radius 3 is 2.60 bits per heavy atom. The average Bonchev–Trinajstić information content (AvgIpc) is 3.02. The zero-order chi connectivity index (χ0) is 29.5. The van der Waals surface area contributed by atoms with E-state index in [-0.39, 0.29) is 18.4 Å². The van der Waals surface area contributed by atoms with Crippen molar-refractivity contribution in [2.24, 2.45) is 0 Å². The quantitative estimate of drug-likeness (QED) is 0.311. The minimum atomic E-state index is -0.298. The van der Waals surface area contributed by atoms with Crippen molar-refractivity contribution in [1.82, 2.24) is 14.8 Å². The fourth-order valence-electron chi connectivity index (χ4n) is 6.35. The molecule has 0 aliphatic carbocycles. The summed E-state index contributed by atoms with van der Waals surface area (Å²) in [5.74, 6) is 0.188. The molecule has 3 aliphatic rings. The molecule has 2 aromatic rings. The highest BCUT2D eigenvalue weighted by atomic mass is 35.5. The second kappa shape index (κ2) is 13.9.